The van der Waals surface area contributed by atoms with Gasteiger partial charge in [-0.1, -0.05) is 48.6 Å². The molecule has 1 heteroatoms. The fourth-order valence-electron chi connectivity index (χ4n) is 1.64. The molecule has 0 saturated carbocycles. The molecule has 0 atom stereocenters. The summed E-state index contributed by atoms with van der Waals surface area (Å²) < 4.78 is 6.09. The van der Waals surface area contributed by atoms with Gasteiger partial charge in [0.15, 0.2) is 0 Å². The minimum absolute atomic E-state index is 0.744. The third-order valence-electron chi connectivity index (χ3n) is 2.57. The van der Waals surface area contributed by atoms with E-state index in [4.69, 9.17) is 4.74 Å². The van der Waals surface area contributed by atoms with Gasteiger partial charge in [0, 0.05) is 12.8 Å². The Balaban J connectivity index is 5.08. The first-order valence-electron chi connectivity index (χ1n) is 7.34. The van der Waals surface area contributed by atoms with Gasteiger partial charge in [0.25, 0.3) is 0 Å². The number of rotatable bonds is 10. The van der Waals surface area contributed by atoms with Crippen LogP contribution in [0.4, 0.5) is 0 Å². The molecule has 0 aliphatic heterocycles. The Morgan fingerprint density at radius 3 is 1.24 bits per heavy atom. The summed E-state index contributed by atoms with van der Waals surface area (Å²) in [7, 11) is 0. The molecule has 0 fully saturated rings. The fraction of sp³-hybridized carbons (Fsp3) is 0.400. The van der Waals surface area contributed by atoms with Crippen LogP contribution in [-0.2, 0) is 4.74 Å². The van der Waals surface area contributed by atoms with E-state index in [2.05, 4.69) is 38.5 Å². The predicted molar refractivity (Wildman–Crippen MR) is 95.0 cm³/mol. The molecule has 0 aliphatic rings. The van der Waals surface area contributed by atoms with Crippen molar-refractivity contribution in [1.29, 1.82) is 0 Å². The maximum Gasteiger partial charge on any atom is 0.104 e. The molecule has 1 nitrogen and oxygen atoms in total. The Bertz CT molecular complexity index is 428. The number of hydrogen-bond acceptors (Lipinski definition) is 1. The van der Waals surface area contributed by atoms with Gasteiger partial charge >= 0.3 is 0 Å². The van der Waals surface area contributed by atoms with Crippen molar-refractivity contribution in [2.75, 3.05) is 0 Å². The number of hydrogen-bond donors (Lipinski definition) is 0. The van der Waals surface area contributed by atoms with Crippen molar-refractivity contribution in [3.05, 3.63) is 72.3 Å². The summed E-state index contributed by atoms with van der Waals surface area (Å²) in [6.45, 7) is 23.8. The van der Waals surface area contributed by atoms with Gasteiger partial charge in [-0.2, -0.15) is 0 Å². The van der Waals surface area contributed by atoms with Gasteiger partial charge in [-0.3, -0.25) is 0 Å². The van der Waals surface area contributed by atoms with E-state index in [0.717, 1.165) is 59.5 Å². The summed E-state index contributed by atoms with van der Waals surface area (Å²) in [6, 6.07) is 0. The summed E-state index contributed by atoms with van der Waals surface area (Å²) in [4.78, 5) is 0. The minimum atomic E-state index is 0.744. The van der Waals surface area contributed by atoms with Gasteiger partial charge in [0.05, 0.1) is 0 Å². The normalized spacial score (nSPS) is 12.0. The molecule has 116 valence electrons. The first-order valence-corrected chi connectivity index (χ1v) is 7.34. The largest absolute Gasteiger partial charge is 0.466 e. The topological polar surface area (TPSA) is 9.23 Å². The van der Waals surface area contributed by atoms with E-state index in [-0.39, 0.29) is 0 Å². The predicted octanol–water partition coefficient (Wildman–Crippen LogP) is 6.64. The van der Waals surface area contributed by atoms with E-state index in [1.54, 1.807) is 0 Å². The Morgan fingerprint density at radius 1 is 0.667 bits per heavy atom. The van der Waals surface area contributed by atoms with Crippen LogP contribution in [0.5, 0.6) is 0 Å². The lowest BCUT2D eigenvalue weighted by molar-refractivity contribution is 0.285. The minimum Gasteiger partial charge on any atom is -0.466 e. The van der Waals surface area contributed by atoms with Crippen LogP contribution in [0.2, 0.25) is 0 Å². The zero-order valence-corrected chi connectivity index (χ0v) is 14.2. The first kappa shape index (κ1) is 19.2. The van der Waals surface area contributed by atoms with Crippen molar-refractivity contribution < 1.29 is 4.74 Å². The Morgan fingerprint density at radius 2 is 1.00 bits per heavy atom. The first-order chi connectivity index (χ1) is 9.70. The SMILES string of the molecule is C=C(C)CC=C(CC(=C)C)OC(=CCC(=C)C)CC(=C)C. The average Bonchev–Trinajstić information content (AvgIpc) is 2.31. The second-order valence-electron chi connectivity index (χ2n) is 6.03. The molecule has 0 unspecified atom stereocenters. The van der Waals surface area contributed by atoms with Crippen molar-refractivity contribution in [2.24, 2.45) is 0 Å². The lowest BCUT2D eigenvalue weighted by Crippen LogP contribution is -1.97. The summed E-state index contributed by atoms with van der Waals surface area (Å²) in [5, 5.41) is 0. The van der Waals surface area contributed by atoms with Gasteiger partial charge in [-0.05, 0) is 52.7 Å². The van der Waals surface area contributed by atoms with Gasteiger partial charge in [0.2, 0.25) is 0 Å². The summed E-state index contributed by atoms with van der Waals surface area (Å²) in [6.07, 6.45) is 7.31. The second-order valence-corrected chi connectivity index (χ2v) is 6.03. The van der Waals surface area contributed by atoms with Crippen LogP contribution in [0.25, 0.3) is 0 Å². The molecule has 0 saturated heterocycles. The van der Waals surface area contributed by atoms with Crippen LogP contribution in [0.3, 0.4) is 0 Å². The summed E-state index contributed by atoms with van der Waals surface area (Å²) in [5.74, 6) is 1.86. The number of ether oxygens (including phenoxy) is 1. The van der Waals surface area contributed by atoms with Gasteiger partial charge in [-0.15, -0.1) is 0 Å². The maximum absolute atomic E-state index is 6.09. The molecule has 0 aliphatic carbocycles. The highest BCUT2D eigenvalue weighted by molar-refractivity contribution is 5.16. The molecule has 0 bridgehead atoms. The molecule has 0 radical (unpaired) electrons. The molecule has 0 spiro atoms. The zero-order valence-electron chi connectivity index (χ0n) is 14.2. The smallest absolute Gasteiger partial charge is 0.104 e. The lowest BCUT2D eigenvalue weighted by Gasteiger charge is -2.14. The monoisotopic (exact) mass is 286 g/mol. The van der Waals surface area contributed by atoms with Crippen molar-refractivity contribution in [2.45, 2.75) is 53.4 Å². The molecule has 21 heavy (non-hydrogen) atoms. The third-order valence-corrected chi connectivity index (χ3v) is 2.57. The van der Waals surface area contributed by atoms with Crippen LogP contribution in [0.1, 0.15) is 53.4 Å². The van der Waals surface area contributed by atoms with E-state index in [9.17, 15) is 0 Å². The number of allylic oxidation sites excluding steroid dienone is 6. The van der Waals surface area contributed by atoms with Crippen molar-refractivity contribution >= 4 is 0 Å². The van der Waals surface area contributed by atoms with E-state index in [1.807, 2.05) is 27.7 Å². The van der Waals surface area contributed by atoms with Crippen LogP contribution in [-0.4, -0.2) is 0 Å². The van der Waals surface area contributed by atoms with E-state index in [1.165, 1.54) is 0 Å². The lowest BCUT2D eigenvalue weighted by atomic mass is 10.1. The van der Waals surface area contributed by atoms with E-state index in [0.29, 0.717) is 0 Å². The van der Waals surface area contributed by atoms with Crippen LogP contribution < -0.4 is 0 Å². The molecule has 0 N–H and O–H groups in total. The summed E-state index contributed by atoms with van der Waals surface area (Å²) in [5.41, 5.74) is 4.39. The van der Waals surface area contributed by atoms with Gasteiger partial charge in [0.1, 0.15) is 11.5 Å². The summed E-state index contributed by atoms with van der Waals surface area (Å²) >= 11 is 0. The van der Waals surface area contributed by atoms with E-state index >= 15 is 0 Å². The molecule has 0 aromatic rings. The van der Waals surface area contributed by atoms with Crippen molar-refractivity contribution in [3.63, 3.8) is 0 Å². The standard InChI is InChI=1S/C20H30O/c1-15(2)9-11-19(13-17(5)6)21-20(14-18(7)8)12-10-16(3)4/h11-12H,1,3,5,7,9-10,13-14H2,2,4,6,8H3. The molecular weight excluding hydrogens is 256 g/mol. The Kier molecular flexibility index (Phi) is 9.20. The Hall–Kier alpha value is -1.76. The highest BCUT2D eigenvalue weighted by Gasteiger charge is 2.05. The highest BCUT2D eigenvalue weighted by Crippen LogP contribution is 2.21. The molecular formula is C20H30O. The fourth-order valence-corrected chi connectivity index (χ4v) is 1.64. The van der Waals surface area contributed by atoms with Crippen LogP contribution in [0.15, 0.2) is 72.3 Å². The Labute approximate surface area is 131 Å². The van der Waals surface area contributed by atoms with Gasteiger partial charge < -0.3 is 4.74 Å². The zero-order chi connectivity index (χ0) is 16.4. The molecule has 0 heterocycles. The van der Waals surface area contributed by atoms with E-state index < -0.39 is 0 Å². The third kappa shape index (κ3) is 11.7. The second kappa shape index (κ2) is 10.0. The molecule has 0 aromatic carbocycles. The van der Waals surface area contributed by atoms with Crippen molar-refractivity contribution in [1.82, 2.24) is 0 Å². The van der Waals surface area contributed by atoms with Crippen LogP contribution in [0, 0.1) is 0 Å². The van der Waals surface area contributed by atoms with Crippen LogP contribution >= 0.6 is 0 Å². The quantitative estimate of drug-likeness (QED) is 0.323. The maximum atomic E-state index is 6.09. The average molecular weight is 286 g/mol. The highest BCUT2D eigenvalue weighted by atomic mass is 16.5. The van der Waals surface area contributed by atoms with Gasteiger partial charge in [-0.25, -0.2) is 0 Å². The molecule has 0 aromatic heterocycles. The molecule has 0 rings (SSSR count). The molecule has 0 amide bonds. The van der Waals surface area contributed by atoms with Crippen molar-refractivity contribution in [3.8, 4) is 0 Å².